The number of fused-ring (bicyclic) bond motifs is 1. The van der Waals surface area contributed by atoms with Crippen molar-refractivity contribution in [2.45, 2.75) is 4.90 Å². The molecule has 2 aromatic rings. The number of halogens is 1. The Morgan fingerprint density at radius 3 is 2.20 bits per heavy atom. The van der Waals surface area contributed by atoms with Crippen molar-refractivity contribution in [1.82, 2.24) is 0 Å². The summed E-state index contributed by atoms with van der Waals surface area (Å²) in [5.74, 6) is -0.139. The quantitative estimate of drug-likeness (QED) is 0.475. The second-order valence-corrected chi connectivity index (χ2v) is 6.58. The van der Waals surface area contributed by atoms with E-state index in [0.717, 1.165) is 23.1 Å². The lowest BCUT2D eigenvalue weighted by Gasteiger charge is -2.19. The molecule has 0 amide bonds. The summed E-state index contributed by atoms with van der Waals surface area (Å²) in [4.78, 5) is 16.7. The van der Waals surface area contributed by atoms with Gasteiger partial charge in [0.2, 0.25) is 0 Å². The first-order valence-electron chi connectivity index (χ1n) is 7.66. The van der Waals surface area contributed by atoms with Gasteiger partial charge in [-0.15, -0.1) is 11.8 Å². The molecule has 0 spiro atoms. The van der Waals surface area contributed by atoms with Gasteiger partial charge in [0.25, 0.3) is 0 Å². The molecule has 0 unspecified atom stereocenters. The lowest BCUT2D eigenvalue weighted by molar-refractivity contribution is -0.112. The van der Waals surface area contributed by atoms with E-state index in [1.165, 1.54) is 6.07 Å². The van der Waals surface area contributed by atoms with E-state index < -0.39 is 0 Å². The van der Waals surface area contributed by atoms with Gasteiger partial charge in [-0.1, -0.05) is 24.3 Å². The van der Waals surface area contributed by atoms with E-state index >= 15 is 0 Å². The van der Waals surface area contributed by atoms with Crippen LogP contribution in [-0.2, 0) is 4.79 Å². The summed E-state index contributed by atoms with van der Waals surface area (Å²) in [5.41, 5.74) is 1.94. The standard InChI is InChI=1S/C19H16FN3OS/c1-22-15-8-4-5-9-16(15)23(2)19(22)13(11-21)17(24)12-25-18-10-6-3-7-14(18)20/h3-10H,12H2,1-2H3. The molecule has 1 aliphatic rings. The van der Waals surface area contributed by atoms with E-state index in [9.17, 15) is 14.4 Å². The lowest BCUT2D eigenvalue weighted by atomic mass is 10.2. The highest BCUT2D eigenvalue weighted by Gasteiger charge is 2.31. The molecule has 0 atom stereocenters. The summed E-state index contributed by atoms with van der Waals surface area (Å²) in [7, 11) is 3.65. The van der Waals surface area contributed by atoms with E-state index in [-0.39, 0.29) is 22.9 Å². The molecule has 1 heterocycles. The number of anilines is 2. The van der Waals surface area contributed by atoms with E-state index in [1.807, 2.05) is 54.2 Å². The topological polar surface area (TPSA) is 47.3 Å². The van der Waals surface area contributed by atoms with Crippen molar-refractivity contribution in [2.24, 2.45) is 0 Å². The third-order valence-electron chi connectivity index (χ3n) is 4.05. The maximum atomic E-state index is 13.7. The Balaban J connectivity index is 1.87. The van der Waals surface area contributed by atoms with Crippen LogP contribution in [0.15, 0.2) is 64.8 Å². The number of rotatable bonds is 4. The van der Waals surface area contributed by atoms with Crippen LogP contribution in [0.5, 0.6) is 0 Å². The van der Waals surface area contributed by atoms with Crippen LogP contribution in [0.2, 0.25) is 0 Å². The first-order chi connectivity index (χ1) is 12.0. The molecule has 0 aliphatic carbocycles. The van der Waals surface area contributed by atoms with Crippen molar-refractivity contribution in [1.29, 1.82) is 5.26 Å². The molecule has 4 nitrogen and oxygen atoms in total. The minimum absolute atomic E-state index is 0.00531. The number of hydrogen-bond acceptors (Lipinski definition) is 5. The van der Waals surface area contributed by atoms with Gasteiger partial charge in [-0.2, -0.15) is 5.26 Å². The number of nitriles is 1. The number of para-hydroxylation sites is 2. The van der Waals surface area contributed by atoms with Gasteiger partial charge >= 0.3 is 0 Å². The van der Waals surface area contributed by atoms with Gasteiger partial charge in [0.1, 0.15) is 23.3 Å². The number of carbonyl (C=O) groups is 1. The molecule has 2 aromatic carbocycles. The number of hydrogen-bond donors (Lipinski definition) is 0. The van der Waals surface area contributed by atoms with Gasteiger partial charge in [0.05, 0.1) is 17.1 Å². The van der Waals surface area contributed by atoms with Gasteiger partial charge in [-0.25, -0.2) is 4.39 Å². The Bertz CT molecular complexity index is 873. The number of allylic oxidation sites excluding steroid dienone is 1. The Kier molecular flexibility index (Phi) is 4.77. The third kappa shape index (κ3) is 3.11. The lowest BCUT2D eigenvalue weighted by Crippen LogP contribution is -2.26. The third-order valence-corrected chi connectivity index (χ3v) is 5.10. The second-order valence-electron chi connectivity index (χ2n) is 5.56. The molecule has 126 valence electrons. The van der Waals surface area contributed by atoms with Crippen LogP contribution in [0.25, 0.3) is 0 Å². The summed E-state index contributed by atoms with van der Waals surface area (Å²) in [6.45, 7) is 0. The second kappa shape index (κ2) is 6.99. The molecule has 25 heavy (non-hydrogen) atoms. The van der Waals surface area contributed by atoms with Crippen LogP contribution in [0, 0.1) is 17.1 Å². The van der Waals surface area contributed by atoms with Crippen molar-refractivity contribution in [2.75, 3.05) is 29.6 Å². The number of benzene rings is 2. The molecule has 0 radical (unpaired) electrons. The molecule has 1 aliphatic heterocycles. The SMILES string of the molecule is CN1C(=C(C#N)C(=O)CSc2ccccc2F)N(C)c2ccccc21. The normalized spacial score (nSPS) is 12.8. The van der Waals surface area contributed by atoms with Crippen LogP contribution in [0.3, 0.4) is 0 Å². The molecule has 0 fully saturated rings. The summed E-state index contributed by atoms with van der Waals surface area (Å²) in [6, 6.07) is 16.0. The van der Waals surface area contributed by atoms with Crippen LogP contribution in [-0.4, -0.2) is 25.6 Å². The van der Waals surface area contributed by atoms with Crippen molar-refractivity contribution in [3.8, 4) is 6.07 Å². The number of Topliss-reactive ketones (excluding diaryl/α,β-unsaturated/α-hetero) is 1. The van der Waals surface area contributed by atoms with Crippen LogP contribution < -0.4 is 9.80 Å². The highest BCUT2D eigenvalue weighted by molar-refractivity contribution is 8.00. The predicted molar refractivity (Wildman–Crippen MR) is 98.0 cm³/mol. The number of thioether (sulfide) groups is 1. The van der Waals surface area contributed by atoms with Crippen LogP contribution in [0.1, 0.15) is 0 Å². The molecule has 6 heteroatoms. The highest BCUT2D eigenvalue weighted by atomic mass is 32.2. The Morgan fingerprint density at radius 2 is 1.64 bits per heavy atom. The highest BCUT2D eigenvalue weighted by Crippen LogP contribution is 2.40. The van der Waals surface area contributed by atoms with Gasteiger partial charge in [-0.05, 0) is 24.3 Å². The van der Waals surface area contributed by atoms with Crippen molar-refractivity contribution >= 4 is 28.9 Å². The largest absolute Gasteiger partial charge is 0.328 e. The van der Waals surface area contributed by atoms with E-state index in [4.69, 9.17) is 0 Å². The zero-order valence-corrected chi connectivity index (χ0v) is 14.7. The minimum Gasteiger partial charge on any atom is -0.328 e. The summed E-state index contributed by atoms with van der Waals surface area (Å²) in [5, 5.41) is 9.56. The molecule has 0 saturated heterocycles. The minimum atomic E-state index is -0.367. The molecule has 0 aromatic heterocycles. The molecule has 3 rings (SSSR count). The zero-order valence-electron chi connectivity index (χ0n) is 13.9. The van der Waals surface area contributed by atoms with Gasteiger partial charge in [0, 0.05) is 19.0 Å². The van der Waals surface area contributed by atoms with Crippen molar-refractivity contribution < 1.29 is 9.18 Å². The monoisotopic (exact) mass is 353 g/mol. The fourth-order valence-electron chi connectivity index (χ4n) is 2.83. The number of ketones is 1. The number of nitrogens with zero attached hydrogens (tertiary/aromatic N) is 3. The molecule has 0 bridgehead atoms. The van der Waals surface area contributed by atoms with Crippen LogP contribution >= 0.6 is 11.8 Å². The smallest absolute Gasteiger partial charge is 0.187 e. The van der Waals surface area contributed by atoms with E-state index in [1.54, 1.807) is 18.2 Å². The first kappa shape index (κ1) is 17.1. The molecule has 0 N–H and O–H groups in total. The average Bonchev–Trinajstić information content (AvgIpc) is 2.87. The summed E-state index contributed by atoms with van der Waals surface area (Å²) in [6.07, 6.45) is 0. The van der Waals surface area contributed by atoms with Gasteiger partial charge < -0.3 is 9.80 Å². The van der Waals surface area contributed by atoms with E-state index in [0.29, 0.717) is 10.7 Å². The molecular formula is C19H16FN3OS. The van der Waals surface area contributed by atoms with Crippen LogP contribution in [0.4, 0.5) is 15.8 Å². The van der Waals surface area contributed by atoms with E-state index in [2.05, 4.69) is 0 Å². The maximum absolute atomic E-state index is 13.7. The van der Waals surface area contributed by atoms with Crippen molar-refractivity contribution in [3.63, 3.8) is 0 Å². The Labute approximate surface area is 150 Å². The summed E-state index contributed by atoms with van der Waals surface area (Å²) < 4.78 is 13.7. The Hall–Kier alpha value is -2.78. The predicted octanol–water partition coefficient (Wildman–Crippen LogP) is 3.81. The van der Waals surface area contributed by atoms with Gasteiger partial charge in [0.15, 0.2) is 5.78 Å². The maximum Gasteiger partial charge on any atom is 0.187 e. The van der Waals surface area contributed by atoms with Crippen molar-refractivity contribution in [3.05, 3.63) is 65.7 Å². The van der Waals surface area contributed by atoms with Gasteiger partial charge in [-0.3, -0.25) is 4.79 Å². The fourth-order valence-corrected chi connectivity index (χ4v) is 3.65. The fraction of sp³-hybridized carbons (Fsp3) is 0.158. The Morgan fingerprint density at radius 1 is 1.08 bits per heavy atom. The number of carbonyl (C=O) groups excluding carboxylic acids is 1. The molecule has 0 saturated carbocycles. The first-order valence-corrected chi connectivity index (χ1v) is 8.64. The average molecular weight is 353 g/mol. The molecular weight excluding hydrogens is 337 g/mol. The zero-order chi connectivity index (χ0) is 18.0. The summed E-state index contributed by atoms with van der Waals surface area (Å²) >= 11 is 1.10.